The van der Waals surface area contributed by atoms with Gasteiger partial charge in [-0.25, -0.2) is 0 Å². The fourth-order valence-electron chi connectivity index (χ4n) is 1.70. The number of nitrogens with zero attached hydrogens (tertiary/aromatic N) is 1. The molecule has 0 saturated carbocycles. The fourth-order valence-corrected chi connectivity index (χ4v) is 1.70. The average Bonchev–Trinajstić information content (AvgIpc) is 2.36. The summed E-state index contributed by atoms with van der Waals surface area (Å²) >= 11 is 0. The van der Waals surface area contributed by atoms with Crippen LogP contribution in [0.25, 0.3) is 0 Å². The summed E-state index contributed by atoms with van der Waals surface area (Å²) in [6.45, 7) is 5.12. The number of nitro groups is 1. The third kappa shape index (κ3) is 4.43. The lowest BCUT2D eigenvalue weighted by Crippen LogP contribution is -2.24. The van der Waals surface area contributed by atoms with E-state index in [-0.39, 0.29) is 18.3 Å². The van der Waals surface area contributed by atoms with Gasteiger partial charge in [0, 0.05) is 24.8 Å². The van der Waals surface area contributed by atoms with Crippen LogP contribution in [0, 0.1) is 16.0 Å². The van der Waals surface area contributed by atoms with Crippen molar-refractivity contribution in [3.8, 4) is 0 Å². The number of benzene rings is 1. The largest absolute Gasteiger partial charge is 0.396 e. The first-order chi connectivity index (χ1) is 8.54. The summed E-state index contributed by atoms with van der Waals surface area (Å²) in [7, 11) is 0. The molecule has 0 aliphatic carbocycles. The average molecular weight is 252 g/mol. The van der Waals surface area contributed by atoms with Gasteiger partial charge >= 0.3 is 0 Å². The second-order valence-electron chi connectivity index (χ2n) is 4.60. The first-order valence-corrected chi connectivity index (χ1v) is 6.13. The number of non-ortho nitro benzene ring substituents is 1. The van der Waals surface area contributed by atoms with E-state index < -0.39 is 4.92 Å². The highest BCUT2D eigenvalue weighted by Gasteiger charge is 2.09. The van der Waals surface area contributed by atoms with Gasteiger partial charge in [0.25, 0.3) is 5.69 Å². The molecule has 0 spiro atoms. The Balaban J connectivity index is 2.51. The Labute approximate surface area is 107 Å². The Kier molecular flexibility index (Phi) is 5.74. The van der Waals surface area contributed by atoms with E-state index in [4.69, 9.17) is 5.11 Å². The van der Waals surface area contributed by atoms with E-state index in [1.54, 1.807) is 12.1 Å². The lowest BCUT2D eigenvalue weighted by Gasteiger charge is -2.17. The molecule has 0 amide bonds. The summed E-state index contributed by atoms with van der Waals surface area (Å²) < 4.78 is 0. The highest BCUT2D eigenvalue weighted by atomic mass is 16.6. The van der Waals surface area contributed by atoms with Gasteiger partial charge in [-0.2, -0.15) is 0 Å². The quantitative estimate of drug-likeness (QED) is 0.576. The van der Waals surface area contributed by atoms with Crippen molar-refractivity contribution in [2.75, 3.05) is 13.2 Å². The van der Waals surface area contributed by atoms with Crippen molar-refractivity contribution >= 4 is 5.69 Å². The first kappa shape index (κ1) is 14.6. The Morgan fingerprint density at radius 3 is 2.44 bits per heavy atom. The van der Waals surface area contributed by atoms with Gasteiger partial charge in [-0.15, -0.1) is 0 Å². The highest BCUT2D eigenvalue weighted by Crippen LogP contribution is 2.17. The molecule has 18 heavy (non-hydrogen) atoms. The van der Waals surface area contributed by atoms with Crippen LogP contribution in [0.5, 0.6) is 0 Å². The van der Waals surface area contributed by atoms with Crippen molar-refractivity contribution in [3.63, 3.8) is 0 Å². The molecule has 0 heterocycles. The predicted octanol–water partition coefficient (Wildman–Crippen LogP) is 2.26. The van der Waals surface area contributed by atoms with E-state index in [9.17, 15) is 10.1 Å². The number of aliphatic hydroxyl groups is 1. The van der Waals surface area contributed by atoms with Crippen LogP contribution in [0.3, 0.4) is 0 Å². The summed E-state index contributed by atoms with van der Waals surface area (Å²) in [6.07, 6.45) is 0.778. The third-order valence-corrected chi connectivity index (χ3v) is 3.00. The second-order valence-corrected chi connectivity index (χ2v) is 4.60. The van der Waals surface area contributed by atoms with Crippen LogP contribution in [0.2, 0.25) is 0 Å². The minimum Gasteiger partial charge on any atom is -0.396 e. The van der Waals surface area contributed by atoms with Crippen molar-refractivity contribution in [1.82, 2.24) is 5.32 Å². The number of nitrogens with one attached hydrogen (secondary N) is 1. The Morgan fingerprint density at radius 1 is 1.33 bits per heavy atom. The van der Waals surface area contributed by atoms with Crippen LogP contribution in [0.1, 0.15) is 31.9 Å². The monoisotopic (exact) mass is 252 g/mol. The molecule has 5 nitrogen and oxygen atoms in total. The molecule has 1 rings (SSSR count). The number of hydrogen-bond donors (Lipinski definition) is 2. The van der Waals surface area contributed by atoms with Gasteiger partial charge in [0.1, 0.15) is 0 Å². The maximum atomic E-state index is 10.5. The first-order valence-electron chi connectivity index (χ1n) is 6.13. The SMILES string of the molecule is CC(CCO)CNC(C)c1ccc([N+](=O)[O-])cc1. The van der Waals surface area contributed by atoms with E-state index in [1.165, 1.54) is 12.1 Å². The van der Waals surface area contributed by atoms with Gasteiger partial charge in [-0.3, -0.25) is 10.1 Å². The lowest BCUT2D eigenvalue weighted by atomic mass is 10.1. The minimum absolute atomic E-state index is 0.111. The van der Waals surface area contributed by atoms with Crippen molar-refractivity contribution in [3.05, 3.63) is 39.9 Å². The molecule has 1 aromatic rings. The summed E-state index contributed by atoms with van der Waals surface area (Å²) in [5.74, 6) is 0.412. The summed E-state index contributed by atoms with van der Waals surface area (Å²) in [6, 6.07) is 6.72. The van der Waals surface area contributed by atoms with Crippen LogP contribution < -0.4 is 5.32 Å². The Hall–Kier alpha value is -1.46. The summed E-state index contributed by atoms with van der Waals surface area (Å²) in [5.41, 5.74) is 1.14. The standard InChI is InChI=1S/C13H20N2O3/c1-10(7-8-16)9-14-11(2)12-3-5-13(6-4-12)15(17)18/h3-6,10-11,14,16H,7-9H2,1-2H3. The normalized spacial score (nSPS) is 14.2. The molecule has 0 bridgehead atoms. The summed E-state index contributed by atoms with van der Waals surface area (Å²) in [5, 5.41) is 22.7. The van der Waals surface area contributed by atoms with Crippen LogP contribution in [-0.2, 0) is 0 Å². The zero-order valence-electron chi connectivity index (χ0n) is 10.8. The maximum Gasteiger partial charge on any atom is 0.269 e. The predicted molar refractivity (Wildman–Crippen MR) is 70.4 cm³/mol. The molecule has 0 aromatic heterocycles. The fraction of sp³-hybridized carbons (Fsp3) is 0.538. The molecule has 5 heteroatoms. The summed E-state index contributed by atoms with van der Waals surface area (Å²) in [4.78, 5) is 10.1. The van der Waals surface area contributed by atoms with Crippen LogP contribution in [-0.4, -0.2) is 23.2 Å². The molecule has 2 unspecified atom stereocenters. The van der Waals surface area contributed by atoms with E-state index in [2.05, 4.69) is 12.2 Å². The molecule has 0 aliphatic rings. The van der Waals surface area contributed by atoms with Gasteiger partial charge in [0.15, 0.2) is 0 Å². The van der Waals surface area contributed by atoms with Gasteiger partial charge in [-0.1, -0.05) is 19.1 Å². The molecule has 0 saturated heterocycles. The molecule has 2 N–H and O–H groups in total. The minimum atomic E-state index is -0.398. The number of hydrogen-bond acceptors (Lipinski definition) is 4. The van der Waals surface area contributed by atoms with Gasteiger partial charge in [-0.05, 0) is 31.4 Å². The van der Waals surface area contributed by atoms with E-state index in [0.717, 1.165) is 18.5 Å². The molecule has 0 aliphatic heterocycles. The van der Waals surface area contributed by atoms with Crippen molar-refractivity contribution in [1.29, 1.82) is 0 Å². The van der Waals surface area contributed by atoms with Gasteiger partial charge in [0.2, 0.25) is 0 Å². The second kappa shape index (κ2) is 7.08. The number of rotatable bonds is 7. The third-order valence-electron chi connectivity index (χ3n) is 3.00. The number of nitro benzene ring substituents is 1. The Bertz CT molecular complexity index is 378. The molecule has 100 valence electrons. The topological polar surface area (TPSA) is 75.4 Å². The molecule has 2 atom stereocenters. The van der Waals surface area contributed by atoms with Gasteiger partial charge in [0.05, 0.1) is 4.92 Å². The van der Waals surface area contributed by atoms with E-state index in [0.29, 0.717) is 5.92 Å². The molecule has 0 fully saturated rings. The van der Waals surface area contributed by atoms with E-state index in [1.807, 2.05) is 6.92 Å². The van der Waals surface area contributed by atoms with Crippen molar-refractivity contribution < 1.29 is 10.0 Å². The van der Waals surface area contributed by atoms with Gasteiger partial charge < -0.3 is 10.4 Å². The lowest BCUT2D eigenvalue weighted by molar-refractivity contribution is -0.384. The van der Waals surface area contributed by atoms with Crippen LogP contribution >= 0.6 is 0 Å². The highest BCUT2D eigenvalue weighted by molar-refractivity contribution is 5.33. The van der Waals surface area contributed by atoms with E-state index >= 15 is 0 Å². The van der Waals surface area contributed by atoms with Crippen LogP contribution in [0.15, 0.2) is 24.3 Å². The zero-order valence-corrected chi connectivity index (χ0v) is 10.8. The molecule has 1 aromatic carbocycles. The molecule has 0 radical (unpaired) electrons. The Morgan fingerprint density at radius 2 is 1.94 bits per heavy atom. The van der Waals surface area contributed by atoms with Crippen LogP contribution in [0.4, 0.5) is 5.69 Å². The maximum absolute atomic E-state index is 10.5. The smallest absolute Gasteiger partial charge is 0.269 e. The molecular weight excluding hydrogens is 232 g/mol. The van der Waals surface area contributed by atoms with Crippen molar-refractivity contribution in [2.45, 2.75) is 26.3 Å². The number of aliphatic hydroxyl groups excluding tert-OH is 1. The van der Waals surface area contributed by atoms with Crippen molar-refractivity contribution in [2.24, 2.45) is 5.92 Å². The molecular formula is C13H20N2O3. The zero-order chi connectivity index (χ0) is 13.5.